The first kappa shape index (κ1) is 6.84. The van der Waals surface area contributed by atoms with E-state index in [-0.39, 0.29) is 0 Å². The molecule has 0 heterocycles. The molecule has 0 aromatic rings. The van der Waals surface area contributed by atoms with E-state index in [1.807, 2.05) is 0 Å². The summed E-state index contributed by atoms with van der Waals surface area (Å²) in [6, 6.07) is 0. The molecule has 0 amide bonds. The molecule has 0 aromatic carbocycles. The van der Waals surface area contributed by atoms with Crippen molar-refractivity contribution in [2.75, 3.05) is 21.3 Å². The molecular formula is C3H9NO3. The van der Waals surface area contributed by atoms with E-state index in [0.29, 0.717) is 0 Å². The van der Waals surface area contributed by atoms with Crippen molar-refractivity contribution < 1.29 is 14.6 Å². The van der Waals surface area contributed by atoms with Crippen LogP contribution in [0, 0.1) is 5.21 Å². The lowest BCUT2D eigenvalue weighted by Crippen LogP contribution is -2.34. The van der Waals surface area contributed by atoms with Gasteiger partial charge in [0, 0.05) is 0 Å². The first-order valence-electron chi connectivity index (χ1n) is 1.81. The predicted octanol–water partition coefficient (Wildman–Crippen LogP) is 0.0536. The zero-order valence-electron chi connectivity index (χ0n) is 4.67. The third-order valence-corrected chi connectivity index (χ3v) is 0.663. The van der Waals surface area contributed by atoms with E-state index in [2.05, 4.69) is 9.68 Å². The van der Waals surface area contributed by atoms with Crippen molar-refractivity contribution >= 4 is 0 Å². The van der Waals surface area contributed by atoms with Crippen molar-refractivity contribution in [1.82, 2.24) is 0 Å². The number of hydrogen-bond acceptors (Lipinski definition) is 3. The molecule has 0 unspecified atom stereocenters. The molecule has 0 bridgehead atoms. The second kappa shape index (κ2) is 2.23. The quantitative estimate of drug-likeness (QED) is 0.370. The third-order valence-electron chi connectivity index (χ3n) is 0.663. The van der Waals surface area contributed by atoms with Crippen molar-refractivity contribution in [2.24, 2.45) is 0 Å². The maximum Gasteiger partial charge on any atom is 0.132 e. The lowest BCUT2D eigenvalue weighted by atomic mass is 11.4. The molecule has 4 nitrogen and oxygen atoms in total. The normalized spacial score (nSPS) is 12.0. The zero-order valence-corrected chi connectivity index (χ0v) is 4.67. The molecule has 0 saturated carbocycles. The summed E-state index contributed by atoms with van der Waals surface area (Å²) in [4.78, 5) is 7.38. The minimum Gasteiger partial charge on any atom is -0.564 e. The molecule has 0 aliphatic heterocycles. The van der Waals surface area contributed by atoms with Crippen molar-refractivity contribution in [2.45, 2.75) is 0 Å². The molecule has 7 heavy (non-hydrogen) atoms. The Balaban J connectivity index is 3.36. The van der Waals surface area contributed by atoms with Crippen LogP contribution < -0.4 is 0 Å². The highest BCUT2D eigenvalue weighted by Gasteiger charge is 2.03. The summed E-state index contributed by atoms with van der Waals surface area (Å²) in [5, 5.41) is 10.3. The summed E-state index contributed by atoms with van der Waals surface area (Å²) in [6.07, 6.45) is 0. The standard InChI is InChI=1S/C3H9NO3/c1-4(5,6-2)7-3/h1-3H3. The molecule has 44 valence electrons. The minimum absolute atomic E-state index is 1.11. The van der Waals surface area contributed by atoms with Crippen LogP contribution >= 0.6 is 0 Å². The minimum atomic E-state index is -1.11. The Hall–Kier alpha value is -0.160. The highest BCUT2D eigenvalue weighted by molar-refractivity contribution is 3.93. The monoisotopic (exact) mass is 107 g/mol. The fourth-order valence-corrected chi connectivity index (χ4v) is 0.0745. The van der Waals surface area contributed by atoms with E-state index in [1.54, 1.807) is 0 Å². The van der Waals surface area contributed by atoms with Gasteiger partial charge in [0.25, 0.3) is 0 Å². The largest absolute Gasteiger partial charge is 0.564 e. The summed E-state index contributed by atoms with van der Waals surface area (Å²) in [7, 11) is 3.78. The number of nitrogens with zero attached hydrogens (tertiary/aromatic N) is 1. The van der Waals surface area contributed by atoms with Crippen molar-refractivity contribution in [3.8, 4) is 0 Å². The van der Waals surface area contributed by atoms with Gasteiger partial charge >= 0.3 is 0 Å². The van der Waals surface area contributed by atoms with Crippen molar-refractivity contribution in [3.63, 3.8) is 0 Å². The Morgan fingerprint density at radius 1 is 1.29 bits per heavy atom. The molecule has 0 saturated heterocycles. The molecular weight excluding hydrogens is 98.0 g/mol. The average molecular weight is 107 g/mol. The lowest BCUT2D eigenvalue weighted by Gasteiger charge is -2.27. The molecule has 0 atom stereocenters. The Bertz CT molecular complexity index is 48.1. The van der Waals surface area contributed by atoms with Gasteiger partial charge in [0.15, 0.2) is 0 Å². The van der Waals surface area contributed by atoms with Crippen LogP contribution in [-0.2, 0) is 9.68 Å². The fourth-order valence-electron chi connectivity index (χ4n) is 0.0745. The van der Waals surface area contributed by atoms with Crippen LogP contribution in [0.1, 0.15) is 0 Å². The second-order valence-electron chi connectivity index (χ2n) is 1.14. The molecule has 0 aliphatic carbocycles. The van der Waals surface area contributed by atoms with Gasteiger partial charge in [0.1, 0.15) is 7.05 Å². The fraction of sp³-hybridized carbons (Fsp3) is 1.00. The van der Waals surface area contributed by atoms with Gasteiger partial charge in [0.05, 0.1) is 14.2 Å². The van der Waals surface area contributed by atoms with Gasteiger partial charge < -0.3 is 5.21 Å². The van der Waals surface area contributed by atoms with E-state index in [9.17, 15) is 5.21 Å². The average Bonchev–Trinajstić information content (AvgIpc) is 1.68. The molecule has 0 rings (SSSR count). The predicted molar refractivity (Wildman–Crippen MR) is 23.6 cm³/mol. The van der Waals surface area contributed by atoms with Crippen molar-refractivity contribution in [1.29, 1.82) is 0 Å². The summed E-state index contributed by atoms with van der Waals surface area (Å²) in [5.41, 5.74) is 0. The van der Waals surface area contributed by atoms with E-state index in [4.69, 9.17) is 0 Å². The van der Waals surface area contributed by atoms with E-state index < -0.39 is 4.97 Å². The first-order chi connectivity index (χ1) is 3.12. The topological polar surface area (TPSA) is 41.5 Å². The molecule has 0 N–H and O–H groups in total. The van der Waals surface area contributed by atoms with Gasteiger partial charge in [-0.25, -0.2) is 0 Å². The van der Waals surface area contributed by atoms with E-state index >= 15 is 0 Å². The lowest BCUT2D eigenvalue weighted by molar-refractivity contribution is -1.20. The molecule has 4 heteroatoms. The second-order valence-corrected chi connectivity index (χ2v) is 1.14. The van der Waals surface area contributed by atoms with E-state index in [0.717, 1.165) is 0 Å². The van der Waals surface area contributed by atoms with Gasteiger partial charge in [0.2, 0.25) is 0 Å². The van der Waals surface area contributed by atoms with Crippen LogP contribution in [0.25, 0.3) is 0 Å². The molecule has 0 radical (unpaired) electrons. The molecule has 0 aromatic heterocycles. The third kappa shape index (κ3) is 2.52. The number of quaternary nitrogens is 1. The molecule has 0 spiro atoms. The van der Waals surface area contributed by atoms with Crippen LogP contribution in [0.3, 0.4) is 0 Å². The van der Waals surface area contributed by atoms with E-state index in [1.165, 1.54) is 21.3 Å². The van der Waals surface area contributed by atoms with Crippen LogP contribution in [0.4, 0.5) is 0 Å². The van der Waals surface area contributed by atoms with Crippen LogP contribution in [0.15, 0.2) is 0 Å². The van der Waals surface area contributed by atoms with Gasteiger partial charge in [-0.2, -0.15) is 9.68 Å². The maximum atomic E-state index is 10.3. The Kier molecular flexibility index (Phi) is 2.17. The summed E-state index contributed by atoms with van der Waals surface area (Å²) in [6.45, 7) is 0. The summed E-state index contributed by atoms with van der Waals surface area (Å²) >= 11 is 0. The molecule has 0 fully saturated rings. The Labute approximate surface area is 42.3 Å². The summed E-state index contributed by atoms with van der Waals surface area (Å²) < 4.78 is 0. The SMILES string of the molecule is CO[N+](C)([O-])OC. The highest BCUT2D eigenvalue weighted by Crippen LogP contribution is 1.95. The first-order valence-corrected chi connectivity index (χ1v) is 1.81. The maximum absolute atomic E-state index is 10.3. The highest BCUT2D eigenvalue weighted by atomic mass is 17.2. The number of rotatable bonds is 2. The van der Waals surface area contributed by atoms with Gasteiger partial charge in [-0.3, -0.25) is 0 Å². The van der Waals surface area contributed by atoms with Gasteiger partial charge in [-0.1, -0.05) is 4.97 Å². The Morgan fingerprint density at radius 3 is 1.57 bits per heavy atom. The molecule has 0 aliphatic rings. The van der Waals surface area contributed by atoms with Crippen LogP contribution in [0.2, 0.25) is 0 Å². The Morgan fingerprint density at radius 2 is 1.57 bits per heavy atom. The van der Waals surface area contributed by atoms with Crippen LogP contribution in [-0.4, -0.2) is 26.2 Å². The van der Waals surface area contributed by atoms with Crippen molar-refractivity contribution in [3.05, 3.63) is 5.21 Å². The number of hydrogen-bond donors (Lipinski definition) is 0. The van der Waals surface area contributed by atoms with Crippen LogP contribution in [0.5, 0.6) is 0 Å². The number of hydroxylamine groups is 3. The summed E-state index contributed by atoms with van der Waals surface area (Å²) in [5.74, 6) is 0. The van der Waals surface area contributed by atoms with Gasteiger partial charge in [-0.05, 0) is 0 Å². The van der Waals surface area contributed by atoms with Gasteiger partial charge in [-0.15, -0.1) is 0 Å². The zero-order chi connectivity index (χ0) is 5.91. The smallest absolute Gasteiger partial charge is 0.132 e.